The Balaban J connectivity index is 1.48. The van der Waals surface area contributed by atoms with Crippen molar-refractivity contribution in [1.82, 2.24) is 4.98 Å². The molecule has 0 bridgehead atoms. The standard InChI is InChI=1S/C21H18N6O3/c22-19(23)14-2-1-13-8-18(24-9-15(13)7-14)26-20(29)12-3-5-17(6-4-12)27-10-16(11-28)25-21(27)30/h1-9,28H,10-11H2,(H3,22,23)(H,24,26,29)/p+1. The molecule has 6 N–H and O–H groups in total. The number of hydrogen-bond donors (Lipinski definition) is 4. The number of aliphatic hydroxyl groups excluding tert-OH is 1. The molecule has 0 radical (unpaired) electrons. The molecule has 9 heteroatoms. The highest BCUT2D eigenvalue weighted by atomic mass is 16.3. The number of nitrogens with zero attached hydrogens (tertiary/aromatic N) is 3. The van der Waals surface area contributed by atoms with Crippen LogP contribution >= 0.6 is 0 Å². The summed E-state index contributed by atoms with van der Waals surface area (Å²) in [5.74, 6) is 0.307. The minimum Gasteiger partial charge on any atom is -0.390 e. The molecule has 0 aliphatic carbocycles. The third kappa shape index (κ3) is 3.74. The molecule has 0 atom stereocenters. The van der Waals surface area contributed by atoms with Gasteiger partial charge in [0.05, 0.1) is 24.4 Å². The van der Waals surface area contributed by atoms with E-state index in [0.29, 0.717) is 28.3 Å². The number of hydrogen-bond acceptors (Lipinski definition) is 4. The number of amidine groups is 1. The quantitative estimate of drug-likeness (QED) is 0.358. The summed E-state index contributed by atoms with van der Waals surface area (Å²) in [7, 11) is 0. The van der Waals surface area contributed by atoms with Gasteiger partial charge in [-0.1, -0.05) is 6.07 Å². The first-order chi connectivity index (χ1) is 14.4. The average Bonchev–Trinajstić information content (AvgIpc) is 3.14. The van der Waals surface area contributed by atoms with Crippen LogP contribution in [0.3, 0.4) is 0 Å². The van der Waals surface area contributed by atoms with Gasteiger partial charge in [0.2, 0.25) is 0 Å². The van der Waals surface area contributed by atoms with Gasteiger partial charge in [-0.25, -0.2) is 9.78 Å². The first-order valence-corrected chi connectivity index (χ1v) is 9.13. The number of rotatable bonds is 5. The molecule has 9 nitrogen and oxygen atoms in total. The molecule has 0 saturated heterocycles. The van der Waals surface area contributed by atoms with Crippen LogP contribution in [0.15, 0.2) is 59.7 Å². The molecule has 4 rings (SSSR count). The number of aliphatic imine (C=N–C) groups is 1. The lowest BCUT2D eigenvalue weighted by molar-refractivity contribution is -0.114. The van der Waals surface area contributed by atoms with Gasteiger partial charge in [0.15, 0.2) is 0 Å². The van der Waals surface area contributed by atoms with Crippen molar-refractivity contribution in [3.8, 4) is 0 Å². The largest absolute Gasteiger partial charge is 0.390 e. The molecular weight excluding hydrogens is 384 g/mol. The number of amides is 3. The Hall–Kier alpha value is -4.11. The van der Waals surface area contributed by atoms with E-state index in [9.17, 15) is 9.59 Å². The molecule has 1 aliphatic heterocycles. The lowest BCUT2D eigenvalue weighted by atomic mass is 10.1. The summed E-state index contributed by atoms with van der Waals surface area (Å²) in [6, 6.07) is 13.3. The number of aromatic nitrogens is 1. The van der Waals surface area contributed by atoms with Crippen LogP contribution in [-0.4, -0.2) is 46.7 Å². The van der Waals surface area contributed by atoms with E-state index >= 15 is 0 Å². The summed E-state index contributed by atoms with van der Waals surface area (Å²) in [6.45, 7) is -0.0299. The van der Waals surface area contributed by atoms with Crippen molar-refractivity contribution in [2.24, 2.45) is 10.7 Å². The zero-order chi connectivity index (χ0) is 21.3. The molecule has 3 aromatic rings. The molecule has 0 fully saturated rings. The second-order valence-electron chi connectivity index (χ2n) is 6.79. The van der Waals surface area contributed by atoms with Crippen LogP contribution in [0.1, 0.15) is 15.9 Å². The van der Waals surface area contributed by atoms with Crippen molar-refractivity contribution in [3.63, 3.8) is 0 Å². The van der Waals surface area contributed by atoms with Gasteiger partial charge < -0.3 is 10.4 Å². The zero-order valence-corrected chi connectivity index (χ0v) is 15.9. The maximum Gasteiger partial charge on any atom is 0.348 e. The maximum absolute atomic E-state index is 12.6. The Labute approximate surface area is 171 Å². The number of benzene rings is 2. The zero-order valence-electron chi connectivity index (χ0n) is 15.9. The third-order valence-electron chi connectivity index (χ3n) is 4.75. The Kier molecular flexibility index (Phi) is 4.95. The van der Waals surface area contributed by atoms with E-state index in [4.69, 9.17) is 16.2 Å². The minimum absolute atomic E-state index is 0.229. The van der Waals surface area contributed by atoms with Gasteiger partial charge in [0, 0.05) is 22.8 Å². The lowest BCUT2D eigenvalue weighted by Gasteiger charge is -2.15. The van der Waals surface area contributed by atoms with Gasteiger partial charge in [-0.15, -0.1) is 0 Å². The summed E-state index contributed by atoms with van der Waals surface area (Å²) < 4.78 is 0. The minimum atomic E-state index is -0.436. The highest BCUT2D eigenvalue weighted by molar-refractivity contribution is 6.12. The number of fused-ring (bicyclic) bond motifs is 1. The first-order valence-electron chi connectivity index (χ1n) is 9.13. The van der Waals surface area contributed by atoms with Crippen molar-refractivity contribution < 1.29 is 20.1 Å². The first kappa shape index (κ1) is 19.2. The van der Waals surface area contributed by atoms with E-state index in [2.05, 4.69) is 15.3 Å². The number of aliphatic hydroxyl groups is 1. The van der Waals surface area contributed by atoms with Crippen LogP contribution in [0.5, 0.6) is 0 Å². The summed E-state index contributed by atoms with van der Waals surface area (Å²) in [4.78, 5) is 33.9. The Morgan fingerprint density at radius 3 is 2.53 bits per heavy atom. The monoisotopic (exact) mass is 403 g/mol. The number of nitrogens with one attached hydrogen (secondary N) is 1. The highest BCUT2D eigenvalue weighted by Crippen LogP contribution is 2.21. The van der Waals surface area contributed by atoms with Gasteiger partial charge in [-0.05, 0) is 47.9 Å². The molecule has 1 aromatic heterocycles. The predicted octanol–water partition coefficient (Wildman–Crippen LogP) is 0.325. The van der Waals surface area contributed by atoms with E-state index in [1.807, 2.05) is 12.1 Å². The van der Waals surface area contributed by atoms with Gasteiger partial charge in [0.1, 0.15) is 5.82 Å². The predicted molar refractivity (Wildman–Crippen MR) is 114 cm³/mol. The molecule has 0 unspecified atom stereocenters. The second kappa shape index (κ2) is 7.72. The van der Waals surface area contributed by atoms with Crippen molar-refractivity contribution >= 4 is 45.8 Å². The summed E-state index contributed by atoms with van der Waals surface area (Å²) >= 11 is 0. The average molecular weight is 403 g/mol. The molecule has 2 heterocycles. The van der Waals surface area contributed by atoms with E-state index < -0.39 is 6.03 Å². The number of carbonyl (C=O) groups excluding carboxylic acids is 2. The van der Waals surface area contributed by atoms with E-state index in [-0.39, 0.29) is 24.9 Å². The van der Waals surface area contributed by atoms with Crippen LogP contribution in [0.25, 0.3) is 10.8 Å². The summed E-state index contributed by atoms with van der Waals surface area (Å²) in [5.41, 5.74) is 7.75. The summed E-state index contributed by atoms with van der Waals surface area (Å²) in [6.07, 6.45) is 1.64. The fourth-order valence-corrected chi connectivity index (χ4v) is 3.14. The smallest absolute Gasteiger partial charge is 0.348 e. The fourth-order valence-electron chi connectivity index (χ4n) is 3.14. The maximum atomic E-state index is 12.6. The van der Waals surface area contributed by atoms with Crippen LogP contribution in [-0.2, 0) is 0 Å². The highest BCUT2D eigenvalue weighted by Gasteiger charge is 2.24. The summed E-state index contributed by atoms with van der Waals surface area (Å²) in [5, 5.41) is 19.2. The van der Waals surface area contributed by atoms with Crippen molar-refractivity contribution in [1.29, 1.82) is 0 Å². The Morgan fingerprint density at radius 2 is 1.87 bits per heavy atom. The van der Waals surface area contributed by atoms with Crippen LogP contribution in [0, 0.1) is 0 Å². The Bertz CT molecular complexity index is 1200. The van der Waals surface area contributed by atoms with Crippen molar-refractivity contribution in [3.05, 3.63) is 65.9 Å². The van der Waals surface area contributed by atoms with Crippen molar-refractivity contribution in [2.45, 2.75) is 0 Å². The van der Waals surface area contributed by atoms with Gasteiger partial charge in [0.25, 0.3) is 11.7 Å². The molecular formula is C21H19N6O3+. The number of urea groups is 1. The number of pyridine rings is 1. The van der Waals surface area contributed by atoms with Crippen LogP contribution in [0.4, 0.5) is 16.3 Å². The van der Waals surface area contributed by atoms with E-state index in [1.165, 1.54) is 4.90 Å². The lowest BCUT2D eigenvalue weighted by Crippen LogP contribution is -2.46. The second-order valence-corrected chi connectivity index (χ2v) is 6.79. The Morgan fingerprint density at radius 1 is 1.13 bits per heavy atom. The molecule has 0 spiro atoms. The third-order valence-corrected chi connectivity index (χ3v) is 4.75. The topological polar surface area (TPSA) is 146 Å². The molecule has 2 aromatic carbocycles. The normalized spacial score (nSPS) is 13.4. The van der Waals surface area contributed by atoms with Crippen molar-refractivity contribution in [2.75, 3.05) is 23.4 Å². The fraction of sp³-hybridized carbons (Fsp3) is 0.0952. The van der Waals surface area contributed by atoms with Crippen LogP contribution in [0.2, 0.25) is 0 Å². The van der Waals surface area contributed by atoms with Gasteiger partial charge in [-0.2, -0.15) is 4.99 Å². The molecule has 1 aliphatic rings. The molecule has 0 saturated carbocycles. The number of nitrogens with two attached hydrogens (primary N) is 2. The SMILES string of the molecule is NC(=[NH2+])c1ccc2cc(NC(=O)c3ccc(N4CC(CO)=NC4=O)cc3)ncc2c1. The van der Waals surface area contributed by atoms with E-state index in [1.54, 1.807) is 42.6 Å². The van der Waals surface area contributed by atoms with Crippen LogP contribution < -0.4 is 21.4 Å². The molecule has 3 amide bonds. The number of carbonyl (C=O) groups is 2. The molecule has 150 valence electrons. The van der Waals surface area contributed by atoms with E-state index in [0.717, 1.165) is 10.8 Å². The van der Waals surface area contributed by atoms with Gasteiger partial charge >= 0.3 is 6.03 Å². The molecule has 30 heavy (non-hydrogen) atoms. The number of anilines is 2. The van der Waals surface area contributed by atoms with Gasteiger partial charge in [-0.3, -0.25) is 20.8 Å².